The Labute approximate surface area is 80.8 Å². The molecule has 0 radical (unpaired) electrons. The summed E-state index contributed by atoms with van der Waals surface area (Å²) in [6.45, 7) is 7.70. The van der Waals surface area contributed by atoms with E-state index in [0.717, 1.165) is 32.7 Å². The molecule has 12 heavy (non-hydrogen) atoms. The molecule has 1 atom stereocenters. The summed E-state index contributed by atoms with van der Waals surface area (Å²) < 4.78 is 5.35. The highest BCUT2D eigenvalue weighted by atomic mass is 35.5. The first-order valence-corrected chi connectivity index (χ1v) is 5.00. The Morgan fingerprint density at radius 3 is 2.58 bits per heavy atom. The molecule has 2 nitrogen and oxygen atoms in total. The maximum absolute atomic E-state index is 5.83. The highest BCUT2D eigenvalue weighted by Crippen LogP contribution is 1.95. The molecule has 0 bridgehead atoms. The Morgan fingerprint density at radius 2 is 2.08 bits per heavy atom. The lowest BCUT2D eigenvalue weighted by Crippen LogP contribution is -2.28. The summed E-state index contributed by atoms with van der Waals surface area (Å²) in [7, 11) is 2.06. The molecule has 1 unspecified atom stereocenters. The van der Waals surface area contributed by atoms with E-state index in [1.165, 1.54) is 0 Å². The van der Waals surface area contributed by atoms with Gasteiger partial charge in [-0.3, -0.25) is 0 Å². The Bertz CT molecular complexity index is 98.5. The van der Waals surface area contributed by atoms with Gasteiger partial charge in [0, 0.05) is 25.1 Å². The average Bonchev–Trinajstić information content (AvgIpc) is 1.97. The van der Waals surface area contributed by atoms with Crippen molar-refractivity contribution in [1.82, 2.24) is 4.90 Å². The molecule has 0 saturated carbocycles. The highest BCUT2D eigenvalue weighted by molar-refractivity contribution is 6.20. The van der Waals surface area contributed by atoms with E-state index in [9.17, 15) is 0 Å². The van der Waals surface area contributed by atoms with Crippen LogP contribution in [0.25, 0.3) is 0 Å². The van der Waals surface area contributed by atoms with Crippen LogP contribution in [0.2, 0.25) is 0 Å². The predicted molar refractivity (Wildman–Crippen MR) is 53.9 cm³/mol. The summed E-state index contributed by atoms with van der Waals surface area (Å²) in [4.78, 5) is 2.19. The molecule has 0 N–H and O–H groups in total. The molecule has 74 valence electrons. The highest BCUT2D eigenvalue weighted by Gasteiger charge is 2.01. The summed E-state index contributed by atoms with van der Waals surface area (Å²) in [5.74, 6) is 0. The van der Waals surface area contributed by atoms with Crippen LogP contribution >= 0.6 is 11.6 Å². The Hall–Kier alpha value is 0.210. The Balaban J connectivity index is 3.14. The van der Waals surface area contributed by atoms with E-state index in [1.54, 1.807) is 0 Å². The van der Waals surface area contributed by atoms with Gasteiger partial charge in [-0.2, -0.15) is 0 Å². The van der Waals surface area contributed by atoms with Crippen molar-refractivity contribution in [2.24, 2.45) is 0 Å². The van der Waals surface area contributed by atoms with Crippen LogP contribution in [0.15, 0.2) is 0 Å². The molecule has 0 aliphatic carbocycles. The van der Waals surface area contributed by atoms with Crippen LogP contribution in [0, 0.1) is 0 Å². The standard InChI is InChI=1S/C9H20ClNO/c1-4-6-12-7-5-11(3)8-9(2)10/h9H,4-8H2,1-3H3. The normalized spacial score (nSPS) is 13.8. The van der Waals surface area contributed by atoms with Crippen LogP contribution in [-0.2, 0) is 4.74 Å². The molecular formula is C9H20ClNO. The quantitative estimate of drug-likeness (QED) is 0.453. The fourth-order valence-corrected chi connectivity index (χ4v) is 1.22. The zero-order valence-corrected chi connectivity index (χ0v) is 9.10. The average molecular weight is 194 g/mol. The predicted octanol–water partition coefficient (Wildman–Crippen LogP) is 1.97. The number of rotatable bonds is 7. The maximum atomic E-state index is 5.83. The van der Waals surface area contributed by atoms with Crippen LogP contribution in [0.3, 0.4) is 0 Å². The van der Waals surface area contributed by atoms with Crippen molar-refractivity contribution in [3.63, 3.8) is 0 Å². The molecule has 0 spiro atoms. The fourth-order valence-electron chi connectivity index (χ4n) is 0.988. The molecular weight excluding hydrogens is 174 g/mol. The van der Waals surface area contributed by atoms with Crippen LogP contribution in [-0.4, -0.2) is 43.6 Å². The van der Waals surface area contributed by atoms with Gasteiger partial charge in [0.1, 0.15) is 0 Å². The van der Waals surface area contributed by atoms with Gasteiger partial charge in [-0.1, -0.05) is 6.92 Å². The van der Waals surface area contributed by atoms with Crippen LogP contribution in [0.1, 0.15) is 20.3 Å². The zero-order valence-electron chi connectivity index (χ0n) is 8.35. The molecule has 0 aromatic carbocycles. The van der Waals surface area contributed by atoms with Gasteiger partial charge in [0.2, 0.25) is 0 Å². The van der Waals surface area contributed by atoms with Crippen molar-refractivity contribution in [2.75, 3.05) is 33.4 Å². The zero-order chi connectivity index (χ0) is 9.40. The first kappa shape index (κ1) is 12.2. The number of ether oxygens (including phenoxy) is 1. The van der Waals surface area contributed by atoms with Crippen molar-refractivity contribution < 1.29 is 4.74 Å². The topological polar surface area (TPSA) is 12.5 Å². The Kier molecular flexibility index (Phi) is 7.98. The largest absolute Gasteiger partial charge is 0.380 e. The first-order chi connectivity index (χ1) is 5.66. The number of hydrogen-bond acceptors (Lipinski definition) is 2. The van der Waals surface area contributed by atoms with Crippen LogP contribution < -0.4 is 0 Å². The number of nitrogens with zero attached hydrogens (tertiary/aromatic N) is 1. The molecule has 0 heterocycles. The van der Waals surface area contributed by atoms with E-state index in [4.69, 9.17) is 16.3 Å². The van der Waals surface area contributed by atoms with E-state index in [1.807, 2.05) is 6.92 Å². The molecule has 0 amide bonds. The molecule has 3 heteroatoms. The van der Waals surface area contributed by atoms with Crippen molar-refractivity contribution in [1.29, 1.82) is 0 Å². The minimum atomic E-state index is 0.223. The molecule has 0 aromatic rings. The maximum Gasteiger partial charge on any atom is 0.0593 e. The van der Waals surface area contributed by atoms with Gasteiger partial charge >= 0.3 is 0 Å². The summed E-state index contributed by atoms with van der Waals surface area (Å²) in [5, 5.41) is 0.223. The van der Waals surface area contributed by atoms with Gasteiger partial charge in [0.05, 0.1) is 6.61 Å². The second-order valence-corrected chi connectivity index (χ2v) is 3.90. The van der Waals surface area contributed by atoms with Gasteiger partial charge in [-0.25, -0.2) is 0 Å². The SMILES string of the molecule is CCCOCCN(C)CC(C)Cl. The van der Waals surface area contributed by atoms with E-state index in [-0.39, 0.29) is 5.38 Å². The van der Waals surface area contributed by atoms with E-state index in [0.29, 0.717) is 0 Å². The van der Waals surface area contributed by atoms with Crippen molar-refractivity contribution in [3.8, 4) is 0 Å². The number of likely N-dealkylation sites (N-methyl/N-ethyl adjacent to an activating group) is 1. The van der Waals surface area contributed by atoms with E-state index in [2.05, 4.69) is 18.9 Å². The summed E-state index contributed by atoms with van der Waals surface area (Å²) in [6.07, 6.45) is 1.09. The van der Waals surface area contributed by atoms with Crippen LogP contribution in [0.5, 0.6) is 0 Å². The number of alkyl halides is 1. The summed E-state index contributed by atoms with van der Waals surface area (Å²) in [5.41, 5.74) is 0. The molecule has 0 aromatic heterocycles. The third-order valence-electron chi connectivity index (χ3n) is 1.53. The van der Waals surface area contributed by atoms with E-state index >= 15 is 0 Å². The van der Waals surface area contributed by atoms with Crippen molar-refractivity contribution in [3.05, 3.63) is 0 Å². The minimum absolute atomic E-state index is 0.223. The smallest absolute Gasteiger partial charge is 0.0593 e. The summed E-state index contributed by atoms with van der Waals surface area (Å²) in [6, 6.07) is 0. The van der Waals surface area contributed by atoms with Gasteiger partial charge < -0.3 is 9.64 Å². The molecule has 0 aliphatic heterocycles. The van der Waals surface area contributed by atoms with Gasteiger partial charge in [-0.15, -0.1) is 11.6 Å². The van der Waals surface area contributed by atoms with Crippen molar-refractivity contribution >= 4 is 11.6 Å². The first-order valence-electron chi connectivity index (χ1n) is 4.57. The van der Waals surface area contributed by atoms with Gasteiger partial charge in [-0.05, 0) is 20.4 Å². The lowest BCUT2D eigenvalue weighted by atomic mass is 10.4. The third-order valence-corrected chi connectivity index (χ3v) is 1.67. The Morgan fingerprint density at radius 1 is 1.42 bits per heavy atom. The van der Waals surface area contributed by atoms with Gasteiger partial charge in [0.15, 0.2) is 0 Å². The fraction of sp³-hybridized carbons (Fsp3) is 1.00. The van der Waals surface area contributed by atoms with Crippen LogP contribution in [0.4, 0.5) is 0 Å². The minimum Gasteiger partial charge on any atom is -0.380 e. The van der Waals surface area contributed by atoms with Crippen molar-refractivity contribution in [2.45, 2.75) is 25.6 Å². The molecule has 0 saturated heterocycles. The van der Waals surface area contributed by atoms with Gasteiger partial charge in [0.25, 0.3) is 0 Å². The molecule has 0 rings (SSSR count). The lowest BCUT2D eigenvalue weighted by molar-refractivity contribution is 0.112. The van der Waals surface area contributed by atoms with E-state index < -0.39 is 0 Å². The summed E-state index contributed by atoms with van der Waals surface area (Å²) >= 11 is 5.83. The third kappa shape index (κ3) is 8.31. The molecule has 0 aliphatic rings. The number of halogens is 1. The lowest BCUT2D eigenvalue weighted by Gasteiger charge is -2.17. The molecule has 0 fully saturated rings. The monoisotopic (exact) mass is 193 g/mol. The number of hydrogen-bond donors (Lipinski definition) is 0. The second kappa shape index (κ2) is 7.84. The second-order valence-electron chi connectivity index (χ2n) is 3.16.